The van der Waals surface area contributed by atoms with Crippen molar-refractivity contribution in [2.75, 3.05) is 37.7 Å². The van der Waals surface area contributed by atoms with E-state index in [0.29, 0.717) is 38.9 Å². The highest BCUT2D eigenvalue weighted by atomic mass is 32.2. The van der Waals surface area contributed by atoms with E-state index < -0.39 is 27.5 Å². The number of nitrogens with zero attached hydrogens (tertiary/aromatic N) is 2. The van der Waals surface area contributed by atoms with Crippen molar-refractivity contribution >= 4 is 27.8 Å². The Balaban J connectivity index is 1.82. The van der Waals surface area contributed by atoms with Crippen molar-refractivity contribution in [3.8, 4) is 0 Å². The fraction of sp³-hybridized carbons (Fsp3) is 0.857. The van der Waals surface area contributed by atoms with Gasteiger partial charge in [0.1, 0.15) is 5.60 Å². The van der Waals surface area contributed by atoms with Crippen molar-refractivity contribution < 1.29 is 32.3 Å². The van der Waals surface area contributed by atoms with Crippen LogP contribution in [0.5, 0.6) is 0 Å². The Morgan fingerprint density at radius 3 is 2.26 bits per heavy atom. The van der Waals surface area contributed by atoms with Crippen LogP contribution >= 0.6 is 0 Å². The summed E-state index contributed by atoms with van der Waals surface area (Å²) in [6.07, 6.45) is 2.57. The lowest BCUT2D eigenvalue weighted by molar-refractivity contribution is -0.157. The second kappa shape index (κ2) is 10.7. The smallest absolute Gasteiger partial charge is 0.410 e. The van der Waals surface area contributed by atoms with Gasteiger partial charge in [-0.2, -0.15) is 0 Å². The highest BCUT2D eigenvalue weighted by Crippen LogP contribution is 2.22. The quantitative estimate of drug-likeness (QED) is 0.534. The van der Waals surface area contributed by atoms with Crippen LogP contribution in [0.25, 0.3) is 0 Å². The average molecular weight is 461 g/mol. The third-order valence-corrected chi connectivity index (χ3v) is 7.29. The fourth-order valence-corrected chi connectivity index (χ4v) is 5.55. The highest BCUT2D eigenvalue weighted by molar-refractivity contribution is 7.91. The van der Waals surface area contributed by atoms with Crippen LogP contribution in [0.2, 0.25) is 0 Å². The highest BCUT2D eigenvalue weighted by Gasteiger charge is 2.35. The third kappa shape index (κ3) is 7.97. The Hall–Kier alpha value is -1.84. The molecule has 0 bridgehead atoms. The molecule has 10 heteroatoms. The Labute approximate surface area is 185 Å². The van der Waals surface area contributed by atoms with Gasteiger partial charge in [0.05, 0.1) is 17.4 Å². The number of ether oxygens (including phenoxy) is 2. The lowest BCUT2D eigenvalue weighted by atomic mass is 9.97. The van der Waals surface area contributed by atoms with Crippen molar-refractivity contribution in [3.05, 3.63) is 0 Å². The summed E-state index contributed by atoms with van der Waals surface area (Å²) in [7, 11) is -3.12. The van der Waals surface area contributed by atoms with Crippen LogP contribution in [0.3, 0.4) is 0 Å². The molecule has 178 valence electrons. The molecule has 0 aromatic heterocycles. The summed E-state index contributed by atoms with van der Waals surface area (Å²) in [5.41, 5.74) is -0.574. The van der Waals surface area contributed by atoms with E-state index in [2.05, 4.69) is 0 Å². The van der Waals surface area contributed by atoms with Gasteiger partial charge in [0.25, 0.3) is 5.91 Å². The van der Waals surface area contributed by atoms with Crippen LogP contribution < -0.4 is 0 Å². The summed E-state index contributed by atoms with van der Waals surface area (Å²) in [6.45, 7) is 8.27. The van der Waals surface area contributed by atoms with Gasteiger partial charge < -0.3 is 19.3 Å². The normalized spacial score (nSPS) is 21.5. The number of unbranched alkanes of at least 4 members (excludes halogenated alkanes) is 1. The van der Waals surface area contributed by atoms with E-state index in [1.807, 2.05) is 6.92 Å². The van der Waals surface area contributed by atoms with E-state index in [0.717, 1.165) is 12.8 Å². The molecule has 31 heavy (non-hydrogen) atoms. The number of carbonyl (C=O) groups excluding carboxylic acids is 3. The number of piperidine rings is 1. The van der Waals surface area contributed by atoms with Crippen molar-refractivity contribution in [2.24, 2.45) is 5.92 Å². The van der Waals surface area contributed by atoms with Crippen LogP contribution in [0, 0.1) is 5.92 Å². The van der Waals surface area contributed by atoms with Gasteiger partial charge in [-0.3, -0.25) is 9.59 Å². The molecular weight excluding hydrogens is 424 g/mol. The largest absolute Gasteiger partial charge is 0.455 e. The number of hydrogen-bond donors (Lipinski definition) is 0. The van der Waals surface area contributed by atoms with Gasteiger partial charge in [-0.05, 0) is 46.5 Å². The van der Waals surface area contributed by atoms with Gasteiger partial charge in [0.15, 0.2) is 16.4 Å². The zero-order chi connectivity index (χ0) is 23.2. The zero-order valence-electron chi connectivity index (χ0n) is 19.1. The third-order valence-electron chi connectivity index (χ3n) is 5.54. The Morgan fingerprint density at radius 2 is 1.74 bits per heavy atom. The number of likely N-dealkylation sites (tertiary alicyclic amines) is 1. The summed E-state index contributed by atoms with van der Waals surface area (Å²) >= 11 is 0. The van der Waals surface area contributed by atoms with Crippen molar-refractivity contribution in [3.63, 3.8) is 0 Å². The molecule has 2 fully saturated rings. The second-order valence-electron chi connectivity index (χ2n) is 9.35. The fourth-order valence-electron chi connectivity index (χ4n) is 3.82. The topological polar surface area (TPSA) is 110 Å². The molecule has 0 saturated carbocycles. The molecule has 1 unspecified atom stereocenters. The monoisotopic (exact) mass is 460 g/mol. The number of amides is 2. The molecule has 0 spiro atoms. The first-order chi connectivity index (χ1) is 14.4. The van der Waals surface area contributed by atoms with Crippen molar-refractivity contribution in [1.29, 1.82) is 0 Å². The van der Waals surface area contributed by atoms with Crippen LogP contribution in [0.15, 0.2) is 0 Å². The minimum absolute atomic E-state index is 0.0282. The Morgan fingerprint density at radius 1 is 1.10 bits per heavy atom. The molecule has 0 N–H and O–H groups in total. The van der Waals surface area contributed by atoms with E-state index in [-0.39, 0.29) is 36.0 Å². The molecule has 2 aliphatic rings. The standard InChI is InChI=1S/C21H36N2O7S/c1-5-6-10-23(17-9-13-31(27,28)15-17)18(24)14-29-19(25)16-7-11-22(12-8-16)20(26)30-21(2,3)4/h16-17H,5-15H2,1-4H3. The van der Waals surface area contributed by atoms with E-state index >= 15 is 0 Å². The SMILES string of the molecule is CCCCN(C(=O)COC(=O)C1CCN(C(=O)OC(C)(C)C)CC1)C1CCS(=O)(=O)C1. The maximum atomic E-state index is 12.7. The van der Waals surface area contributed by atoms with E-state index in [4.69, 9.17) is 9.47 Å². The minimum atomic E-state index is -3.12. The van der Waals surface area contributed by atoms with Gasteiger partial charge in [-0.15, -0.1) is 0 Å². The number of rotatable bonds is 7. The Kier molecular flexibility index (Phi) is 8.73. The summed E-state index contributed by atoms with van der Waals surface area (Å²) in [6, 6.07) is -0.347. The number of carbonyl (C=O) groups is 3. The van der Waals surface area contributed by atoms with Gasteiger partial charge in [-0.25, -0.2) is 13.2 Å². The predicted octanol–water partition coefficient (Wildman–Crippen LogP) is 1.99. The average Bonchev–Trinajstić information content (AvgIpc) is 3.04. The summed E-state index contributed by atoms with van der Waals surface area (Å²) in [5, 5.41) is 0. The number of esters is 1. The van der Waals surface area contributed by atoms with Gasteiger partial charge in [0.2, 0.25) is 0 Å². The van der Waals surface area contributed by atoms with E-state index in [1.165, 1.54) is 0 Å². The zero-order valence-corrected chi connectivity index (χ0v) is 19.9. The maximum absolute atomic E-state index is 12.7. The second-order valence-corrected chi connectivity index (χ2v) is 11.6. The molecule has 2 aliphatic heterocycles. The molecule has 1 atom stereocenters. The van der Waals surface area contributed by atoms with Crippen LogP contribution in [0.4, 0.5) is 4.79 Å². The van der Waals surface area contributed by atoms with Gasteiger partial charge >= 0.3 is 12.1 Å². The van der Waals surface area contributed by atoms with Crippen molar-refractivity contribution in [2.45, 2.75) is 71.4 Å². The number of hydrogen-bond acceptors (Lipinski definition) is 7. The molecule has 2 rings (SSSR count). The van der Waals surface area contributed by atoms with Crippen LogP contribution in [-0.2, 0) is 28.9 Å². The van der Waals surface area contributed by atoms with Gasteiger partial charge in [-0.1, -0.05) is 13.3 Å². The lowest BCUT2D eigenvalue weighted by Crippen LogP contribution is -2.45. The molecule has 0 radical (unpaired) electrons. The first kappa shape index (κ1) is 25.4. The van der Waals surface area contributed by atoms with Crippen molar-refractivity contribution in [1.82, 2.24) is 9.80 Å². The first-order valence-corrected chi connectivity index (χ1v) is 12.9. The molecule has 0 aromatic carbocycles. The maximum Gasteiger partial charge on any atom is 0.410 e. The lowest BCUT2D eigenvalue weighted by Gasteiger charge is -2.32. The Bertz CT molecular complexity index is 752. The molecule has 9 nitrogen and oxygen atoms in total. The molecule has 0 aromatic rings. The summed E-state index contributed by atoms with van der Waals surface area (Å²) < 4.78 is 34.2. The first-order valence-electron chi connectivity index (χ1n) is 11.1. The van der Waals surface area contributed by atoms with Crippen LogP contribution in [0.1, 0.15) is 59.8 Å². The van der Waals surface area contributed by atoms with Gasteiger partial charge in [0, 0.05) is 25.7 Å². The molecule has 0 aliphatic carbocycles. The van der Waals surface area contributed by atoms with Crippen LogP contribution in [-0.4, -0.2) is 85.6 Å². The molecular formula is C21H36N2O7S. The molecule has 2 heterocycles. The minimum Gasteiger partial charge on any atom is -0.455 e. The summed E-state index contributed by atoms with van der Waals surface area (Å²) in [5.74, 6) is -1.12. The molecule has 2 amide bonds. The van der Waals surface area contributed by atoms with E-state index in [1.54, 1.807) is 30.6 Å². The number of sulfone groups is 1. The molecule has 2 saturated heterocycles. The van der Waals surface area contributed by atoms with E-state index in [9.17, 15) is 22.8 Å². The summed E-state index contributed by atoms with van der Waals surface area (Å²) in [4.78, 5) is 40.4. The predicted molar refractivity (Wildman–Crippen MR) is 115 cm³/mol.